The molecule has 3 nitrogen and oxygen atoms in total. The number of rotatable bonds is 7. The Morgan fingerprint density at radius 2 is 1.81 bits per heavy atom. The van der Waals surface area contributed by atoms with Gasteiger partial charge >= 0.3 is 0 Å². The minimum Gasteiger partial charge on any atom is -0.355 e. The quantitative estimate of drug-likeness (QED) is 0.813. The highest BCUT2D eigenvalue weighted by atomic mass is 35.5. The normalized spacial score (nSPS) is 12.4. The van der Waals surface area contributed by atoms with Crippen LogP contribution in [-0.4, -0.2) is 26.0 Å². The zero-order chi connectivity index (χ0) is 15.2. The molecule has 120 valence electrons. The van der Waals surface area contributed by atoms with Gasteiger partial charge in [-0.25, -0.2) is 0 Å². The summed E-state index contributed by atoms with van der Waals surface area (Å²) >= 11 is 0. The maximum absolute atomic E-state index is 12.0. The first-order valence-electron chi connectivity index (χ1n) is 7.42. The van der Waals surface area contributed by atoms with E-state index < -0.39 is 0 Å². The molecule has 0 aliphatic heterocycles. The molecule has 0 fully saturated rings. The first kappa shape index (κ1) is 19.9. The van der Waals surface area contributed by atoms with Crippen LogP contribution in [0.4, 0.5) is 0 Å². The number of aryl methyl sites for hydroxylation is 1. The topological polar surface area (TPSA) is 41.1 Å². The molecule has 0 aliphatic rings. The number of amides is 1. The van der Waals surface area contributed by atoms with E-state index in [4.69, 9.17) is 0 Å². The monoisotopic (exact) mass is 312 g/mol. The van der Waals surface area contributed by atoms with Crippen LogP contribution in [0.2, 0.25) is 0 Å². The van der Waals surface area contributed by atoms with Crippen molar-refractivity contribution in [2.45, 2.75) is 39.5 Å². The van der Waals surface area contributed by atoms with Gasteiger partial charge in [0.2, 0.25) is 5.91 Å². The molecule has 0 saturated heterocycles. The summed E-state index contributed by atoms with van der Waals surface area (Å²) in [4.78, 5) is 12.0. The Kier molecular flexibility index (Phi) is 8.60. The van der Waals surface area contributed by atoms with Crippen LogP contribution in [0.1, 0.15) is 38.8 Å². The van der Waals surface area contributed by atoms with Crippen molar-refractivity contribution >= 4 is 18.3 Å². The van der Waals surface area contributed by atoms with Crippen LogP contribution in [0, 0.1) is 5.92 Å². The Morgan fingerprint density at radius 3 is 2.29 bits per heavy atom. The van der Waals surface area contributed by atoms with Gasteiger partial charge in [0.15, 0.2) is 0 Å². The molecule has 1 aromatic carbocycles. The molecule has 0 heterocycles. The number of hydrogen-bond donors (Lipinski definition) is 2. The Balaban J connectivity index is 0.00000400. The second-order valence-electron chi connectivity index (χ2n) is 6.11. The predicted octanol–water partition coefficient (Wildman–Crippen LogP) is 2.92. The van der Waals surface area contributed by atoms with Crippen LogP contribution in [0.3, 0.4) is 0 Å². The average molecular weight is 313 g/mol. The van der Waals surface area contributed by atoms with Crippen molar-refractivity contribution < 1.29 is 4.79 Å². The first-order chi connectivity index (χ1) is 9.40. The standard InChI is InChI=1S/C17H28N2O.ClH/c1-6-14-7-9-15(10-8-14)17(3,4)12-19-16(20)13(2)11-18-5;/h7-10,13,18H,6,11-12H2,1-5H3,(H,19,20);1H. The third-order valence-electron chi connectivity index (χ3n) is 3.81. The number of nitrogens with one attached hydrogen (secondary N) is 2. The van der Waals surface area contributed by atoms with Gasteiger partial charge in [-0.2, -0.15) is 0 Å². The molecule has 0 bridgehead atoms. The fraction of sp³-hybridized carbons (Fsp3) is 0.588. The summed E-state index contributed by atoms with van der Waals surface area (Å²) in [5, 5.41) is 6.08. The molecule has 0 aromatic heterocycles. The van der Waals surface area contributed by atoms with Crippen LogP contribution in [0.15, 0.2) is 24.3 Å². The lowest BCUT2D eigenvalue weighted by molar-refractivity contribution is -0.124. The SMILES string of the molecule is CCc1ccc(C(C)(C)CNC(=O)C(C)CNC)cc1.Cl. The highest BCUT2D eigenvalue weighted by molar-refractivity contribution is 5.85. The smallest absolute Gasteiger partial charge is 0.224 e. The molecular weight excluding hydrogens is 284 g/mol. The average Bonchev–Trinajstić information content (AvgIpc) is 2.45. The van der Waals surface area contributed by atoms with Gasteiger partial charge in [-0.1, -0.05) is 52.0 Å². The van der Waals surface area contributed by atoms with Gasteiger partial charge in [-0.3, -0.25) is 4.79 Å². The van der Waals surface area contributed by atoms with Gasteiger partial charge in [-0.15, -0.1) is 12.4 Å². The molecule has 1 rings (SSSR count). The van der Waals surface area contributed by atoms with Crippen LogP contribution in [0.5, 0.6) is 0 Å². The summed E-state index contributed by atoms with van der Waals surface area (Å²) in [6.45, 7) is 9.79. The van der Waals surface area contributed by atoms with Gasteiger partial charge in [-0.05, 0) is 24.6 Å². The van der Waals surface area contributed by atoms with Crippen LogP contribution in [0.25, 0.3) is 0 Å². The molecule has 4 heteroatoms. The Hall–Kier alpha value is -1.06. The number of halogens is 1. The summed E-state index contributed by atoms with van der Waals surface area (Å²) < 4.78 is 0. The maximum atomic E-state index is 12.0. The van der Waals surface area contributed by atoms with Crippen molar-refractivity contribution in [3.63, 3.8) is 0 Å². The summed E-state index contributed by atoms with van der Waals surface area (Å²) in [7, 11) is 1.86. The molecule has 1 amide bonds. The molecule has 0 aliphatic carbocycles. The molecule has 0 radical (unpaired) electrons. The lowest BCUT2D eigenvalue weighted by Crippen LogP contribution is -2.41. The van der Waals surface area contributed by atoms with Gasteiger partial charge in [0.05, 0.1) is 0 Å². The van der Waals surface area contributed by atoms with Crippen LogP contribution < -0.4 is 10.6 Å². The summed E-state index contributed by atoms with van der Waals surface area (Å²) in [5.74, 6) is 0.107. The third kappa shape index (κ3) is 6.06. The molecule has 2 N–H and O–H groups in total. The molecule has 1 aromatic rings. The maximum Gasteiger partial charge on any atom is 0.224 e. The van der Waals surface area contributed by atoms with Gasteiger partial charge in [0, 0.05) is 24.4 Å². The fourth-order valence-corrected chi connectivity index (χ4v) is 2.17. The van der Waals surface area contributed by atoms with Crippen molar-refractivity contribution in [3.8, 4) is 0 Å². The number of carbonyl (C=O) groups is 1. The molecule has 21 heavy (non-hydrogen) atoms. The largest absolute Gasteiger partial charge is 0.355 e. The van der Waals surface area contributed by atoms with E-state index >= 15 is 0 Å². The van der Waals surface area contributed by atoms with E-state index in [1.165, 1.54) is 11.1 Å². The highest BCUT2D eigenvalue weighted by Crippen LogP contribution is 2.22. The molecular formula is C17H29ClN2O. The van der Waals surface area contributed by atoms with E-state index in [0.717, 1.165) is 6.42 Å². The predicted molar refractivity (Wildman–Crippen MR) is 92.2 cm³/mol. The van der Waals surface area contributed by atoms with Gasteiger partial charge in [0.1, 0.15) is 0 Å². The van der Waals surface area contributed by atoms with E-state index in [2.05, 4.69) is 55.7 Å². The minimum absolute atomic E-state index is 0. The van der Waals surface area contributed by atoms with Crippen LogP contribution >= 0.6 is 12.4 Å². The zero-order valence-electron chi connectivity index (χ0n) is 13.8. The van der Waals surface area contributed by atoms with Gasteiger partial charge < -0.3 is 10.6 Å². The fourth-order valence-electron chi connectivity index (χ4n) is 2.17. The van der Waals surface area contributed by atoms with Crippen molar-refractivity contribution in [1.82, 2.24) is 10.6 Å². The summed E-state index contributed by atoms with van der Waals surface area (Å²) in [6.07, 6.45) is 1.05. The minimum atomic E-state index is -0.0543. The highest BCUT2D eigenvalue weighted by Gasteiger charge is 2.22. The zero-order valence-corrected chi connectivity index (χ0v) is 14.6. The van der Waals surface area contributed by atoms with E-state index in [9.17, 15) is 4.79 Å². The second-order valence-corrected chi connectivity index (χ2v) is 6.11. The van der Waals surface area contributed by atoms with E-state index in [1.807, 2.05) is 14.0 Å². The van der Waals surface area contributed by atoms with Crippen molar-refractivity contribution in [2.75, 3.05) is 20.1 Å². The van der Waals surface area contributed by atoms with Crippen molar-refractivity contribution in [1.29, 1.82) is 0 Å². The van der Waals surface area contributed by atoms with E-state index in [1.54, 1.807) is 0 Å². The molecule has 1 unspecified atom stereocenters. The Bertz CT molecular complexity index is 429. The Morgan fingerprint density at radius 1 is 1.24 bits per heavy atom. The second kappa shape index (κ2) is 9.06. The lowest BCUT2D eigenvalue weighted by atomic mass is 9.84. The van der Waals surface area contributed by atoms with Crippen LogP contribution in [-0.2, 0) is 16.6 Å². The van der Waals surface area contributed by atoms with Crippen molar-refractivity contribution in [3.05, 3.63) is 35.4 Å². The first-order valence-corrected chi connectivity index (χ1v) is 7.42. The Labute approximate surface area is 135 Å². The van der Waals surface area contributed by atoms with E-state index in [-0.39, 0.29) is 29.6 Å². The number of benzene rings is 1. The van der Waals surface area contributed by atoms with E-state index in [0.29, 0.717) is 13.1 Å². The lowest BCUT2D eigenvalue weighted by Gasteiger charge is -2.26. The number of hydrogen-bond acceptors (Lipinski definition) is 2. The van der Waals surface area contributed by atoms with Crippen molar-refractivity contribution in [2.24, 2.45) is 5.92 Å². The third-order valence-corrected chi connectivity index (χ3v) is 3.81. The van der Waals surface area contributed by atoms with Gasteiger partial charge in [0.25, 0.3) is 0 Å². The summed E-state index contributed by atoms with van der Waals surface area (Å²) in [6, 6.07) is 8.68. The molecule has 1 atom stereocenters. The molecule has 0 saturated carbocycles. The molecule has 0 spiro atoms. The number of carbonyl (C=O) groups excluding carboxylic acids is 1. The summed E-state index contributed by atoms with van der Waals surface area (Å²) in [5.41, 5.74) is 2.55.